The maximum atomic E-state index is 6.32. The lowest BCUT2D eigenvalue weighted by Crippen LogP contribution is -2.47. The Morgan fingerprint density at radius 1 is 1.13 bits per heavy atom. The summed E-state index contributed by atoms with van der Waals surface area (Å²) in [6.45, 7) is 4.17. The van der Waals surface area contributed by atoms with Crippen molar-refractivity contribution >= 4 is 5.69 Å². The number of piperidine rings is 1. The molecule has 1 saturated heterocycles. The van der Waals surface area contributed by atoms with Gasteiger partial charge in [0.25, 0.3) is 0 Å². The first-order valence-electron chi connectivity index (χ1n) is 8.45. The van der Waals surface area contributed by atoms with Crippen molar-refractivity contribution in [3.63, 3.8) is 0 Å². The van der Waals surface area contributed by atoms with Crippen LogP contribution in [-0.2, 0) is 0 Å². The van der Waals surface area contributed by atoms with E-state index in [1.807, 2.05) is 12.1 Å². The maximum absolute atomic E-state index is 6.32. The molecule has 0 aliphatic carbocycles. The average Bonchev–Trinajstić information content (AvgIpc) is 2.59. The number of benzene rings is 1. The standard InChI is InChI=1S/C18H30N2O3/c1-5-6-7-13-12-20(9-8-15(13)19)14-10-16(21-2)18(23-4)17(11-14)22-3/h10-11,13,15H,5-9,12,19H2,1-4H3/t13-,15+/m0/s1. The van der Waals surface area contributed by atoms with Crippen molar-refractivity contribution in [3.8, 4) is 17.2 Å². The van der Waals surface area contributed by atoms with E-state index in [-0.39, 0.29) is 0 Å². The van der Waals surface area contributed by atoms with E-state index in [0.717, 1.165) is 25.2 Å². The Labute approximate surface area is 139 Å². The summed E-state index contributed by atoms with van der Waals surface area (Å²) in [5.41, 5.74) is 7.43. The third-order valence-corrected chi connectivity index (χ3v) is 4.74. The molecule has 23 heavy (non-hydrogen) atoms. The van der Waals surface area contributed by atoms with Gasteiger partial charge in [0.05, 0.1) is 21.3 Å². The number of hydrogen-bond acceptors (Lipinski definition) is 5. The van der Waals surface area contributed by atoms with Gasteiger partial charge < -0.3 is 24.8 Å². The largest absolute Gasteiger partial charge is 0.493 e. The molecule has 5 nitrogen and oxygen atoms in total. The van der Waals surface area contributed by atoms with Gasteiger partial charge in [-0.3, -0.25) is 0 Å². The quantitative estimate of drug-likeness (QED) is 0.836. The second-order valence-electron chi connectivity index (χ2n) is 6.18. The Hall–Kier alpha value is -1.62. The van der Waals surface area contributed by atoms with Crippen LogP contribution in [-0.4, -0.2) is 40.5 Å². The van der Waals surface area contributed by atoms with Gasteiger partial charge in [0.1, 0.15) is 0 Å². The van der Waals surface area contributed by atoms with Crippen molar-refractivity contribution in [1.29, 1.82) is 0 Å². The Kier molecular flexibility index (Phi) is 6.39. The van der Waals surface area contributed by atoms with Gasteiger partial charge in [0.15, 0.2) is 11.5 Å². The molecule has 0 saturated carbocycles. The minimum atomic E-state index is 0.305. The van der Waals surface area contributed by atoms with E-state index in [1.165, 1.54) is 19.3 Å². The van der Waals surface area contributed by atoms with E-state index < -0.39 is 0 Å². The Bertz CT molecular complexity index is 482. The lowest BCUT2D eigenvalue weighted by Gasteiger charge is -2.38. The highest BCUT2D eigenvalue weighted by Gasteiger charge is 2.27. The fourth-order valence-corrected chi connectivity index (χ4v) is 3.31. The van der Waals surface area contributed by atoms with Crippen LogP contribution < -0.4 is 24.8 Å². The zero-order chi connectivity index (χ0) is 16.8. The lowest BCUT2D eigenvalue weighted by atomic mass is 9.88. The first-order chi connectivity index (χ1) is 11.1. The summed E-state index contributed by atoms with van der Waals surface area (Å²) in [6, 6.07) is 4.35. The average molecular weight is 322 g/mol. The van der Waals surface area contributed by atoms with Crippen LogP contribution >= 0.6 is 0 Å². The second kappa shape index (κ2) is 8.29. The number of rotatable bonds is 7. The number of unbranched alkanes of at least 4 members (excludes halogenated alkanes) is 1. The third-order valence-electron chi connectivity index (χ3n) is 4.74. The lowest BCUT2D eigenvalue weighted by molar-refractivity contribution is 0.320. The predicted molar refractivity (Wildman–Crippen MR) is 93.9 cm³/mol. The normalized spacial score (nSPS) is 21.2. The minimum absolute atomic E-state index is 0.305. The van der Waals surface area contributed by atoms with E-state index >= 15 is 0 Å². The topological polar surface area (TPSA) is 57.0 Å². The van der Waals surface area contributed by atoms with E-state index in [2.05, 4.69) is 11.8 Å². The molecule has 1 heterocycles. The second-order valence-corrected chi connectivity index (χ2v) is 6.18. The van der Waals surface area contributed by atoms with E-state index in [1.54, 1.807) is 21.3 Å². The van der Waals surface area contributed by atoms with Gasteiger partial charge in [-0.05, 0) is 18.8 Å². The van der Waals surface area contributed by atoms with Crippen molar-refractivity contribution in [1.82, 2.24) is 0 Å². The molecule has 0 bridgehead atoms. The van der Waals surface area contributed by atoms with Crippen LogP contribution in [0.1, 0.15) is 32.6 Å². The predicted octanol–water partition coefficient (Wildman–Crippen LogP) is 3.06. The number of ether oxygens (including phenoxy) is 3. The van der Waals surface area contributed by atoms with Crippen LogP contribution in [0.2, 0.25) is 0 Å². The molecule has 130 valence electrons. The zero-order valence-electron chi connectivity index (χ0n) is 14.8. The molecule has 2 atom stereocenters. The monoisotopic (exact) mass is 322 g/mol. The molecule has 0 spiro atoms. The molecule has 1 fully saturated rings. The van der Waals surface area contributed by atoms with Gasteiger partial charge in [-0.2, -0.15) is 0 Å². The molecular weight excluding hydrogens is 292 g/mol. The highest BCUT2D eigenvalue weighted by atomic mass is 16.5. The SMILES string of the molecule is CCCC[C@H]1CN(c2cc(OC)c(OC)c(OC)c2)CC[C@H]1N. The summed E-state index contributed by atoms with van der Waals surface area (Å²) >= 11 is 0. The van der Waals surface area contributed by atoms with Crippen LogP contribution in [0.4, 0.5) is 5.69 Å². The molecule has 2 rings (SSSR count). The Balaban J connectivity index is 2.23. The molecule has 0 amide bonds. The molecule has 1 aromatic carbocycles. The minimum Gasteiger partial charge on any atom is -0.493 e. The maximum Gasteiger partial charge on any atom is 0.203 e. The van der Waals surface area contributed by atoms with Gasteiger partial charge in [0, 0.05) is 37.0 Å². The van der Waals surface area contributed by atoms with Crippen LogP contribution in [0.15, 0.2) is 12.1 Å². The molecule has 0 radical (unpaired) electrons. The molecule has 5 heteroatoms. The first-order valence-corrected chi connectivity index (χ1v) is 8.45. The first kappa shape index (κ1) is 17.7. The van der Waals surface area contributed by atoms with Crippen molar-refractivity contribution in [2.45, 2.75) is 38.6 Å². The molecule has 1 aliphatic heterocycles. The van der Waals surface area contributed by atoms with Crippen LogP contribution in [0, 0.1) is 5.92 Å². The highest BCUT2D eigenvalue weighted by molar-refractivity contribution is 5.63. The molecule has 0 unspecified atom stereocenters. The van der Waals surface area contributed by atoms with E-state index in [4.69, 9.17) is 19.9 Å². The number of hydrogen-bond donors (Lipinski definition) is 1. The van der Waals surface area contributed by atoms with Gasteiger partial charge in [-0.15, -0.1) is 0 Å². The smallest absolute Gasteiger partial charge is 0.203 e. The van der Waals surface area contributed by atoms with Crippen LogP contribution in [0.25, 0.3) is 0 Å². The van der Waals surface area contributed by atoms with Crippen LogP contribution in [0.3, 0.4) is 0 Å². The summed E-state index contributed by atoms with van der Waals surface area (Å²) < 4.78 is 16.3. The fourth-order valence-electron chi connectivity index (χ4n) is 3.31. The summed E-state index contributed by atoms with van der Waals surface area (Å²) in [6.07, 6.45) is 4.67. The summed E-state index contributed by atoms with van der Waals surface area (Å²) in [7, 11) is 4.93. The zero-order valence-corrected chi connectivity index (χ0v) is 14.8. The van der Waals surface area contributed by atoms with Crippen molar-refractivity contribution in [3.05, 3.63) is 12.1 Å². The van der Waals surface area contributed by atoms with Gasteiger partial charge in [-0.1, -0.05) is 19.8 Å². The number of nitrogens with zero attached hydrogens (tertiary/aromatic N) is 1. The van der Waals surface area contributed by atoms with E-state index in [0.29, 0.717) is 29.2 Å². The summed E-state index contributed by atoms with van der Waals surface area (Å²) in [5, 5.41) is 0. The third kappa shape index (κ3) is 4.02. The summed E-state index contributed by atoms with van der Waals surface area (Å²) in [5.74, 6) is 2.57. The molecule has 1 aromatic rings. The van der Waals surface area contributed by atoms with Crippen molar-refractivity contribution < 1.29 is 14.2 Å². The van der Waals surface area contributed by atoms with Crippen molar-refractivity contribution in [2.75, 3.05) is 39.3 Å². The Morgan fingerprint density at radius 3 is 2.30 bits per heavy atom. The van der Waals surface area contributed by atoms with Gasteiger partial charge in [0.2, 0.25) is 5.75 Å². The van der Waals surface area contributed by atoms with Gasteiger partial charge >= 0.3 is 0 Å². The van der Waals surface area contributed by atoms with E-state index in [9.17, 15) is 0 Å². The number of anilines is 1. The summed E-state index contributed by atoms with van der Waals surface area (Å²) in [4.78, 5) is 2.38. The molecular formula is C18H30N2O3. The van der Waals surface area contributed by atoms with Crippen molar-refractivity contribution in [2.24, 2.45) is 11.7 Å². The molecule has 1 aliphatic rings. The van der Waals surface area contributed by atoms with Crippen LogP contribution in [0.5, 0.6) is 17.2 Å². The van der Waals surface area contributed by atoms with Gasteiger partial charge in [-0.25, -0.2) is 0 Å². The number of nitrogens with two attached hydrogens (primary N) is 1. The number of methoxy groups -OCH3 is 3. The fraction of sp³-hybridized carbons (Fsp3) is 0.667. The highest BCUT2D eigenvalue weighted by Crippen LogP contribution is 2.41. The molecule has 2 N–H and O–H groups in total. The Morgan fingerprint density at radius 2 is 1.78 bits per heavy atom. The molecule has 0 aromatic heterocycles.